The van der Waals surface area contributed by atoms with Gasteiger partial charge in [0.05, 0.1) is 17.3 Å². The largest absolute Gasteiger partial charge is 0.494 e. The predicted molar refractivity (Wildman–Crippen MR) is 108 cm³/mol. The fourth-order valence-electron chi connectivity index (χ4n) is 2.36. The number of anilines is 1. The minimum absolute atomic E-state index is 0.0128. The number of aryl methyl sites for hydroxylation is 1. The molecule has 0 bridgehead atoms. The van der Waals surface area contributed by atoms with Crippen molar-refractivity contribution in [3.8, 4) is 5.75 Å². The molecule has 1 heterocycles. The van der Waals surface area contributed by atoms with Crippen molar-refractivity contribution in [2.24, 2.45) is 4.99 Å². The Labute approximate surface area is 165 Å². The first-order chi connectivity index (χ1) is 13.0. The topological polar surface area (TPSA) is 62.4 Å². The maximum Gasteiger partial charge on any atom is 0.223 e. The smallest absolute Gasteiger partial charge is 0.223 e. The summed E-state index contributed by atoms with van der Waals surface area (Å²) in [6.07, 6.45) is 0. The predicted octanol–water partition coefficient (Wildman–Crippen LogP) is 5.18. The highest BCUT2D eigenvalue weighted by Gasteiger charge is 2.10. The number of aromatic nitrogens is 1. The van der Waals surface area contributed by atoms with E-state index in [0.29, 0.717) is 29.4 Å². The third kappa shape index (κ3) is 4.75. The third-order valence-electron chi connectivity index (χ3n) is 3.54. The van der Waals surface area contributed by atoms with Crippen LogP contribution in [0.3, 0.4) is 0 Å². The lowest BCUT2D eigenvalue weighted by molar-refractivity contribution is 0.340. The second-order valence-electron chi connectivity index (χ2n) is 5.64. The van der Waals surface area contributed by atoms with E-state index >= 15 is 0 Å². The Kier molecular flexibility index (Phi) is 5.93. The first-order valence-electron chi connectivity index (χ1n) is 8.25. The van der Waals surface area contributed by atoms with Crippen molar-refractivity contribution in [3.05, 3.63) is 69.7 Å². The number of ether oxygens (including phenoxy) is 1. The molecule has 0 saturated carbocycles. The lowest BCUT2D eigenvalue weighted by Gasteiger charge is -2.11. The summed E-state index contributed by atoms with van der Waals surface area (Å²) < 4.78 is 20.5. The van der Waals surface area contributed by atoms with Gasteiger partial charge in [0.1, 0.15) is 17.1 Å². The van der Waals surface area contributed by atoms with Crippen LogP contribution >= 0.6 is 23.1 Å². The molecule has 0 aliphatic rings. The molecule has 0 aliphatic carbocycles. The van der Waals surface area contributed by atoms with Crippen LogP contribution in [0.1, 0.15) is 11.8 Å². The summed E-state index contributed by atoms with van der Waals surface area (Å²) >= 11 is 7.26. The van der Waals surface area contributed by atoms with Crippen LogP contribution in [0.25, 0.3) is 0 Å². The van der Waals surface area contributed by atoms with Gasteiger partial charge in [0, 0.05) is 10.6 Å². The van der Waals surface area contributed by atoms with Crippen molar-refractivity contribution < 1.29 is 9.13 Å². The van der Waals surface area contributed by atoms with Crippen molar-refractivity contribution in [1.82, 2.24) is 3.96 Å². The summed E-state index contributed by atoms with van der Waals surface area (Å²) in [6, 6.07) is 13.4. The molecule has 0 amide bonds. The molecule has 2 N–H and O–H groups in total. The first kappa shape index (κ1) is 19.1. The fraction of sp³-hybridized carbons (Fsp3) is 0.158. The monoisotopic (exact) mass is 404 g/mol. The van der Waals surface area contributed by atoms with Gasteiger partial charge in [-0.2, -0.15) is 0 Å². The van der Waals surface area contributed by atoms with Crippen LogP contribution in [0.5, 0.6) is 5.75 Å². The number of benzene rings is 2. The highest BCUT2D eigenvalue weighted by atomic mass is 35.5. The number of hydrogen-bond acceptors (Lipinski definition) is 4. The van der Waals surface area contributed by atoms with Gasteiger partial charge in [0.2, 0.25) is 5.96 Å². The van der Waals surface area contributed by atoms with Gasteiger partial charge < -0.3 is 10.1 Å². The standard InChI is InChI=1S/C19H18ClFN4OS/c1-3-26-15-7-4-13(5-8-15)23-19(25-18(22)10-12(2)27-25)24-14-6-9-17(21)16(20)11-14/h4-11,22H,3H2,1-2H3,(H,23,24). The summed E-state index contributed by atoms with van der Waals surface area (Å²) in [6.45, 7) is 4.43. The summed E-state index contributed by atoms with van der Waals surface area (Å²) in [7, 11) is 0. The molecule has 0 unspecified atom stereocenters. The zero-order valence-corrected chi connectivity index (χ0v) is 16.4. The number of halogens is 2. The molecule has 140 valence electrons. The van der Waals surface area contributed by atoms with Crippen molar-refractivity contribution in [2.75, 3.05) is 11.9 Å². The molecule has 0 atom stereocenters. The average Bonchev–Trinajstić information content (AvgIpc) is 2.98. The van der Waals surface area contributed by atoms with Crippen molar-refractivity contribution in [1.29, 1.82) is 5.41 Å². The van der Waals surface area contributed by atoms with Crippen LogP contribution in [-0.2, 0) is 0 Å². The second-order valence-corrected chi connectivity index (χ2v) is 7.24. The van der Waals surface area contributed by atoms with Crippen LogP contribution < -0.4 is 15.5 Å². The molecule has 5 nitrogen and oxygen atoms in total. The van der Waals surface area contributed by atoms with Crippen LogP contribution in [0.2, 0.25) is 5.02 Å². The van der Waals surface area contributed by atoms with E-state index in [9.17, 15) is 4.39 Å². The molecule has 1 aromatic heterocycles. The zero-order valence-electron chi connectivity index (χ0n) is 14.8. The maximum atomic E-state index is 13.4. The Bertz CT molecular complexity index is 1030. The Morgan fingerprint density at radius 2 is 2.00 bits per heavy atom. The fourth-order valence-corrected chi connectivity index (χ4v) is 3.32. The zero-order chi connectivity index (χ0) is 19.4. The lowest BCUT2D eigenvalue weighted by atomic mass is 10.3. The lowest BCUT2D eigenvalue weighted by Crippen LogP contribution is -2.28. The van der Waals surface area contributed by atoms with Gasteiger partial charge in [-0.25, -0.2) is 13.3 Å². The number of nitrogens with one attached hydrogen (secondary N) is 2. The second kappa shape index (κ2) is 8.37. The molecule has 0 spiro atoms. The molecule has 2 aromatic carbocycles. The Hall–Kier alpha value is -2.64. The van der Waals surface area contributed by atoms with Gasteiger partial charge in [-0.15, -0.1) is 0 Å². The minimum Gasteiger partial charge on any atom is -0.494 e. The number of aliphatic imine (C=N–C) groups is 1. The Morgan fingerprint density at radius 1 is 1.26 bits per heavy atom. The molecule has 3 rings (SSSR count). The molecular formula is C19H18ClFN4OS. The quantitative estimate of drug-likeness (QED) is 0.465. The summed E-state index contributed by atoms with van der Waals surface area (Å²) in [5.74, 6) is 0.690. The number of hydrogen-bond donors (Lipinski definition) is 2. The summed E-state index contributed by atoms with van der Waals surface area (Å²) in [4.78, 5) is 5.59. The maximum absolute atomic E-state index is 13.4. The molecule has 0 saturated heterocycles. The molecule has 0 aliphatic heterocycles. The van der Waals surface area contributed by atoms with Crippen LogP contribution in [-0.4, -0.2) is 16.5 Å². The molecule has 3 aromatic rings. The van der Waals surface area contributed by atoms with Crippen LogP contribution in [0.4, 0.5) is 15.8 Å². The Balaban J connectivity index is 2.00. The molecule has 0 fully saturated rings. The van der Waals surface area contributed by atoms with Crippen LogP contribution in [0, 0.1) is 18.2 Å². The van der Waals surface area contributed by atoms with E-state index in [4.69, 9.17) is 21.7 Å². The van der Waals surface area contributed by atoms with Gasteiger partial charge in [0.25, 0.3) is 0 Å². The van der Waals surface area contributed by atoms with Gasteiger partial charge in [-0.3, -0.25) is 5.41 Å². The summed E-state index contributed by atoms with van der Waals surface area (Å²) in [5, 5.41) is 11.3. The highest BCUT2D eigenvalue weighted by Crippen LogP contribution is 2.22. The third-order valence-corrected chi connectivity index (χ3v) is 4.79. The van der Waals surface area contributed by atoms with E-state index in [1.54, 1.807) is 16.1 Å². The van der Waals surface area contributed by atoms with Gasteiger partial charge in [-0.1, -0.05) is 23.1 Å². The van der Waals surface area contributed by atoms with E-state index in [1.807, 2.05) is 38.1 Å². The molecule has 27 heavy (non-hydrogen) atoms. The molecule has 8 heteroatoms. The average molecular weight is 405 g/mol. The van der Waals surface area contributed by atoms with E-state index in [-0.39, 0.29) is 5.02 Å². The normalized spacial score (nSPS) is 11.5. The highest BCUT2D eigenvalue weighted by molar-refractivity contribution is 7.07. The molecule has 0 radical (unpaired) electrons. The van der Waals surface area contributed by atoms with E-state index in [0.717, 1.165) is 10.6 Å². The van der Waals surface area contributed by atoms with Crippen molar-refractivity contribution in [3.63, 3.8) is 0 Å². The van der Waals surface area contributed by atoms with E-state index in [2.05, 4.69) is 10.3 Å². The van der Waals surface area contributed by atoms with E-state index < -0.39 is 5.82 Å². The minimum atomic E-state index is -0.493. The van der Waals surface area contributed by atoms with Crippen molar-refractivity contribution in [2.45, 2.75) is 13.8 Å². The van der Waals surface area contributed by atoms with Crippen LogP contribution in [0.15, 0.2) is 53.5 Å². The summed E-state index contributed by atoms with van der Waals surface area (Å²) in [5.41, 5.74) is 1.55. The van der Waals surface area contributed by atoms with Gasteiger partial charge in [0.15, 0.2) is 0 Å². The van der Waals surface area contributed by atoms with Crippen molar-refractivity contribution >= 4 is 40.5 Å². The van der Waals surface area contributed by atoms with E-state index in [1.165, 1.54) is 23.7 Å². The van der Waals surface area contributed by atoms with Gasteiger partial charge >= 0.3 is 0 Å². The number of rotatable bonds is 4. The Morgan fingerprint density at radius 3 is 2.59 bits per heavy atom. The van der Waals surface area contributed by atoms with Gasteiger partial charge in [-0.05, 0) is 62.4 Å². The SMILES string of the molecule is CCOc1ccc(N=C(Nc2ccc(F)c(Cl)c2)n2sc(C)cc2=N)cc1. The number of nitrogens with zero attached hydrogens (tertiary/aromatic N) is 2. The molecular weight excluding hydrogens is 387 g/mol. The first-order valence-corrected chi connectivity index (χ1v) is 9.40.